The Morgan fingerprint density at radius 2 is 1.87 bits per heavy atom. The first-order valence-corrected chi connectivity index (χ1v) is 6.96. The second kappa shape index (κ2) is 8.33. The van der Waals surface area contributed by atoms with E-state index >= 15 is 0 Å². The predicted molar refractivity (Wildman–Crippen MR) is 58.6 cm³/mol. The average molecular weight is 245 g/mol. The van der Waals surface area contributed by atoms with Gasteiger partial charge >= 0.3 is 89.5 Å². The minimum atomic E-state index is -3.29. The first kappa shape index (κ1) is 15.2. The Morgan fingerprint density at radius 1 is 1.33 bits per heavy atom. The number of hydrogen-bond acceptors (Lipinski definition) is 5. The van der Waals surface area contributed by atoms with Crippen LogP contribution in [-0.2, 0) is 13.8 Å². The standard InChI is InChI=1S/C8H21FNO4P/c1-3-13-15(11,14-4-2)7-12-8(5-9)6-10/h8,11,15H,3-7,10H2,1-2H3. The van der Waals surface area contributed by atoms with E-state index in [1.54, 1.807) is 13.8 Å². The molecule has 0 aromatic rings. The first-order chi connectivity index (χ1) is 7.11. The van der Waals surface area contributed by atoms with E-state index in [1.165, 1.54) is 0 Å². The van der Waals surface area contributed by atoms with Crippen LogP contribution in [0.1, 0.15) is 13.8 Å². The molecule has 0 amide bonds. The van der Waals surface area contributed by atoms with Gasteiger partial charge in [0.2, 0.25) is 0 Å². The molecule has 0 radical (unpaired) electrons. The van der Waals surface area contributed by atoms with Crippen molar-refractivity contribution in [3.8, 4) is 0 Å². The van der Waals surface area contributed by atoms with Gasteiger partial charge in [-0.2, -0.15) is 0 Å². The van der Waals surface area contributed by atoms with E-state index in [-0.39, 0.29) is 12.9 Å². The van der Waals surface area contributed by atoms with Gasteiger partial charge in [-0.15, -0.1) is 0 Å². The summed E-state index contributed by atoms with van der Waals surface area (Å²) in [4.78, 5) is 9.86. The topological polar surface area (TPSA) is 73.9 Å². The van der Waals surface area contributed by atoms with Crippen molar-refractivity contribution < 1.29 is 23.1 Å². The minimum absolute atomic E-state index is 0.0687. The maximum absolute atomic E-state index is 12.3. The van der Waals surface area contributed by atoms with Gasteiger partial charge in [0.15, 0.2) is 0 Å². The summed E-state index contributed by atoms with van der Waals surface area (Å²) in [6.07, 6.45) is -0.828. The third kappa shape index (κ3) is 6.35. The Balaban J connectivity index is 4.03. The normalized spacial score (nSPS) is 15.3. The van der Waals surface area contributed by atoms with E-state index in [9.17, 15) is 9.28 Å². The molecule has 1 unspecified atom stereocenters. The van der Waals surface area contributed by atoms with Gasteiger partial charge in [0, 0.05) is 0 Å². The molecule has 0 saturated heterocycles. The maximum atomic E-state index is 12.3. The van der Waals surface area contributed by atoms with Gasteiger partial charge in [-0.05, 0) is 0 Å². The molecule has 1 atom stereocenters. The molecule has 0 aromatic carbocycles. The van der Waals surface area contributed by atoms with E-state index in [0.29, 0.717) is 13.2 Å². The summed E-state index contributed by atoms with van der Waals surface area (Å²) in [5, 5.41) is 0. The van der Waals surface area contributed by atoms with Crippen molar-refractivity contribution in [2.45, 2.75) is 20.0 Å². The fourth-order valence-electron chi connectivity index (χ4n) is 0.975. The van der Waals surface area contributed by atoms with Crippen molar-refractivity contribution in [1.82, 2.24) is 0 Å². The molecule has 0 fully saturated rings. The second-order valence-electron chi connectivity index (χ2n) is 2.90. The van der Waals surface area contributed by atoms with Crippen molar-refractivity contribution in [3.05, 3.63) is 0 Å². The molecule has 7 heteroatoms. The van der Waals surface area contributed by atoms with Crippen molar-refractivity contribution in [2.24, 2.45) is 5.73 Å². The molecule has 0 saturated carbocycles. The van der Waals surface area contributed by atoms with Gasteiger partial charge in [-0.1, -0.05) is 0 Å². The third-order valence-corrected chi connectivity index (χ3v) is 3.69. The molecule has 5 nitrogen and oxygen atoms in total. The van der Waals surface area contributed by atoms with Crippen LogP contribution in [0.3, 0.4) is 0 Å². The monoisotopic (exact) mass is 245 g/mol. The van der Waals surface area contributed by atoms with Crippen LogP contribution in [0.4, 0.5) is 4.39 Å². The summed E-state index contributed by atoms with van der Waals surface area (Å²) < 4.78 is 27.5. The Morgan fingerprint density at radius 3 is 2.20 bits per heavy atom. The third-order valence-electron chi connectivity index (χ3n) is 1.68. The van der Waals surface area contributed by atoms with E-state index in [4.69, 9.17) is 19.5 Å². The second-order valence-corrected chi connectivity index (χ2v) is 5.19. The number of halogens is 1. The first-order valence-electron chi connectivity index (χ1n) is 4.99. The van der Waals surface area contributed by atoms with Crippen LogP contribution >= 0.6 is 7.94 Å². The summed E-state index contributed by atoms with van der Waals surface area (Å²) in [5.74, 6) is 0. The Kier molecular flexibility index (Phi) is 8.42. The molecule has 0 bridgehead atoms. The number of alkyl halides is 1. The Bertz CT molecular complexity index is 154. The van der Waals surface area contributed by atoms with Crippen molar-refractivity contribution in [3.63, 3.8) is 0 Å². The van der Waals surface area contributed by atoms with Gasteiger partial charge in [0.05, 0.1) is 0 Å². The molecule has 0 aromatic heterocycles. The number of hydrogen-bond donors (Lipinski definition) is 2. The number of rotatable bonds is 9. The molecular formula is C8H21FNO4P. The van der Waals surface area contributed by atoms with Gasteiger partial charge in [0.25, 0.3) is 0 Å². The SMILES string of the molecule is CCO[PH](O)(COC(CN)CF)OCC. The van der Waals surface area contributed by atoms with Gasteiger partial charge in [-0.25, -0.2) is 0 Å². The molecule has 0 heterocycles. The van der Waals surface area contributed by atoms with E-state index < -0.39 is 20.7 Å². The van der Waals surface area contributed by atoms with Crippen LogP contribution in [0.2, 0.25) is 0 Å². The zero-order valence-electron chi connectivity index (χ0n) is 9.24. The predicted octanol–water partition coefficient (Wildman–Crippen LogP) is 0.817. The van der Waals surface area contributed by atoms with Gasteiger partial charge in [0.1, 0.15) is 0 Å². The average Bonchev–Trinajstić information content (AvgIpc) is 2.20. The van der Waals surface area contributed by atoms with Crippen LogP contribution in [0.15, 0.2) is 0 Å². The van der Waals surface area contributed by atoms with Crippen LogP contribution in [0.5, 0.6) is 0 Å². The molecule has 0 rings (SSSR count). The quantitative estimate of drug-likeness (QED) is 0.588. The van der Waals surface area contributed by atoms with Crippen molar-refractivity contribution >= 4 is 7.94 Å². The molecule has 0 aliphatic carbocycles. The molecular weight excluding hydrogens is 224 g/mol. The molecule has 3 N–H and O–H groups in total. The van der Waals surface area contributed by atoms with E-state index in [0.717, 1.165) is 0 Å². The molecule has 0 aliphatic heterocycles. The van der Waals surface area contributed by atoms with E-state index in [1.807, 2.05) is 0 Å². The van der Waals surface area contributed by atoms with Crippen molar-refractivity contribution in [2.75, 3.05) is 32.8 Å². The Labute approximate surface area is 90.3 Å². The summed E-state index contributed by atoms with van der Waals surface area (Å²) in [6, 6.07) is 0. The number of nitrogens with two attached hydrogens (primary N) is 1. The number of ether oxygens (including phenoxy) is 1. The summed E-state index contributed by atoms with van der Waals surface area (Å²) in [5.41, 5.74) is 5.25. The molecule has 94 valence electrons. The van der Waals surface area contributed by atoms with E-state index in [2.05, 4.69) is 0 Å². The Hall–Kier alpha value is 0.160. The molecule has 0 aliphatic rings. The zero-order valence-corrected chi connectivity index (χ0v) is 10.2. The molecule has 0 spiro atoms. The van der Waals surface area contributed by atoms with Gasteiger partial charge < -0.3 is 0 Å². The van der Waals surface area contributed by atoms with Crippen LogP contribution in [0.25, 0.3) is 0 Å². The zero-order chi connectivity index (χ0) is 11.7. The van der Waals surface area contributed by atoms with Crippen LogP contribution in [0, 0.1) is 0 Å². The molecule has 15 heavy (non-hydrogen) atoms. The van der Waals surface area contributed by atoms with Crippen molar-refractivity contribution in [1.29, 1.82) is 0 Å². The summed E-state index contributed by atoms with van der Waals surface area (Å²) in [6.45, 7) is 3.53. The summed E-state index contributed by atoms with van der Waals surface area (Å²) in [7, 11) is -3.29. The fraction of sp³-hybridized carbons (Fsp3) is 1.00. The van der Waals surface area contributed by atoms with Gasteiger partial charge in [-0.3, -0.25) is 0 Å². The summed E-state index contributed by atoms with van der Waals surface area (Å²) >= 11 is 0. The fourth-order valence-corrected chi connectivity index (χ4v) is 2.57. The van der Waals surface area contributed by atoms with Crippen LogP contribution < -0.4 is 5.73 Å². The van der Waals surface area contributed by atoms with Crippen LogP contribution in [-0.4, -0.2) is 43.8 Å².